The molecule has 5 atom stereocenters. The number of fused-ring (bicyclic) bond motifs is 5. The number of nitrogens with one attached hydrogen (secondary N) is 1. The summed E-state index contributed by atoms with van der Waals surface area (Å²) >= 11 is 0. The van der Waals surface area contributed by atoms with Crippen LogP contribution in [0, 0.1) is 11.8 Å². The van der Waals surface area contributed by atoms with Crippen LogP contribution in [-0.2, 0) is 34.7 Å². The van der Waals surface area contributed by atoms with Crippen molar-refractivity contribution in [3.05, 3.63) is 41.3 Å². The molecule has 0 saturated carbocycles. The largest absolute Gasteiger partial charge is 0.534 e. The molecule has 0 aliphatic carbocycles. The molecule has 3 aliphatic heterocycles. The maximum Gasteiger partial charge on any atom is 0.534 e. The zero-order valence-electron chi connectivity index (χ0n) is 24.1. The number of esters is 1. The minimum absolute atomic E-state index is 0.0285. The molecular weight excluding hydrogens is 585 g/mol. The van der Waals surface area contributed by atoms with Crippen molar-refractivity contribution in [1.82, 2.24) is 4.90 Å². The number of hydrogen-bond donors (Lipinski definition) is 2. The number of aliphatic hydroxyl groups is 1. The Bertz CT molecular complexity index is 1400. The number of rotatable bonds is 9. The highest BCUT2D eigenvalue weighted by Gasteiger charge is 2.67. The van der Waals surface area contributed by atoms with Crippen molar-refractivity contribution in [3.8, 4) is 11.5 Å². The van der Waals surface area contributed by atoms with E-state index in [4.69, 9.17) is 18.9 Å². The average molecular weight is 621 g/mol. The van der Waals surface area contributed by atoms with E-state index in [1.54, 1.807) is 13.0 Å². The van der Waals surface area contributed by atoms with Crippen molar-refractivity contribution in [2.24, 2.45) is 11.8 Å². The molecule has 3 heterocycles. The minimum Gasteiger partial charge on any atom is -0.504 e. The SMILES string of the molecule is CCO[C@]12C=C(C)N3C[C@@H](CC)[C@@H](/C(=C\OC)C(=O)OC)C[C@H]3[C@@]1(O)Nc1cc(OS(=O)(=O)C(F)(F)F)cc(OC)c12. The summed E-state index contributed by atoms with van der Waals surface area (Å²) in [5.41, 5.74) is -7.88. The van der Waals surface area contributed by atoms with Crippen LogP contribution in [0.15, 0.2) is 35.7 Å². The number of anilines is 1. The first-order valence-electron chi connectivity index (χ1n) is 13.3. The Hall–Kier alpha value is -3.17. The molecule has 11 nitrogen and oxygen atoms in total. The molecule has 1 aromatic rings. The molecule has 0 radical (unpaired) electrons. The zero-order valence-corrected chi connectivity index (χ0v) is 24.9. The molecule has 234 valence electrons. The highest BCUT2D eigenvalue weighted by atomic mass is 32.2. The van der Waals surface area contributed by atoms with Gasteiger partial charge in [0.05, 0.1) is 50.5 Å². The highest BCUT2D eigenvalue weighted by molar-refractivity contribution is 7.88. The summed E-state index contributed by atoms with van der Waals surface area (Å²) in [6.07, 6.45) is 3.99. The summed E-state index contributed by atoms with van der Waals surface area (Å²) in [5, 5.41) is 15.6. The third-order valence-electron chi connectivity index (χ3n) is 8.21. The minimum atomic E-state index is -5.99. The standard InChI is InChI=1S/C27H35F3N2O9S/c1-7-16-13-32-15(3)12-25(40-8-2)23-20(9-17(10-21(23)38-5)41-42(35,36)27(28,29)30)31-26(25,34)22(32)11-18(16)19(14-37-4)24(33)39-6/h9-10,12,14,16,18,22,31,34H,7-8,11,13H2,1-6H3/b19-14+/t16-,18+,22+,25+,26+/m1/s1. The molecule has 0 unspecified atom stereocenters. The van der Waals surface area contributed by atoms with Gasteiger partial charge in [0, 0.05) is 36.9 Å². The molecule has 2 N–H and O–H groups in total. The first-order valence-corrected chi connectivity index (χ1v) is 14.7. The van der Waals surface area contributed by atoms with E-state index in [0.717, 1.165) is 17.8 Å². The van der Waals surface area contributed by atoms with Crippen molar-refractivity contribution in [2.45, 2.75) is 56.5 Å². The number of nitrogens with zero attached hydrogens (tertiary/aromatic N) is 1. The molecule has 15 heteroatoms. The number of methoxy groups -OCH3 is 3. The summed E-state index contributed by atoms with van der Waals surface area (Å²) in [6.45, 7) is 6.12. The maximum atomic E-state index is 13.1. The van der Waals surface area contributed by atoms with Crippen LogP contribution < -0.4 is 14.2 Å². The van der Waals surface area contributed by atoms with Gasteiger partial charge in [0.25, 0.3) is 0 Å². The molecule has 0 amide bonds. The topological polar surface area (TPSA) is 133 Å². The van der Waals surface area contributed by atoms with Crippen LogP contribution in [0.3, 0.4) is 0 Å². The fraction of sp³-hybridized carbons (Fsp3) is 0.593. The number of alkyl halides is 3. The van der Waals surface area contributed by atoms with Crippen LogP contribution in [0.4, 0.5) is 18.9 Å². The molecule has 0 spiro atoms. The molecule has 0 aromatic heterocycles. The molecule has 1 saturated heterocycles. The molecule has 1 fully saturated rings. The fourth-order valence-electron chi connectivity index (χ4n) is 6.46. The number of carbonyl (C=O) groups is 1. The average Bonchev–Trinajstić information content (AvgIpc) is 3.17. The van der Waals surface area contributed by atoms with Crippen molar-refractivity contribution in [2.75, 3.05) is 39.8 Å². The number of hydrogen-bond acceptors (Lipinski definition) is 11. The smallest absolute Gasteiger partial charge is 0.504 e. The number of piperidine rings is 1. The third-order valence-corrected chi connectivity index (χ3v) is 9.19. The summed E-state index contributed by atoms with van der Waals surface area (Å²) in [5.74, 6) is -1.75. The van der Waals surface area contributed by atoms with Crippen LogP contribution in [0.1, 0.15) is 39.2 Å². The van der Waals surface area contributed by atoms with Gasteiger partial charge in [0.15, 0.2) is 11.3 Å². The Labute approximate surface area is 242 Å². The number of benzene rings is 1. The Balaban J connectivity index is 1.89. The Morgan fingerprint density at radius 1 is 1.24 bits per heavy atom. The predicted molar refractivity (Wildman–Crippen MR) is 144 cm³/mol. The highest BCUT2D eigenvalue weighted by Crippen LogP contribution is 2.60. The lowest BCUT2D eigenvalue weighted by atomic mass is 9.68. The molecule has 0 bridgehead atoms. The lowest BCUT2D eigenvalue weighted by Crippen LogP contribution is -2.70. The van der Waals surface area contributed by atoms with Crippen molar-refractivity contribution < 1.29 is 54.6 Å². The van der Waals surface area contributed by atoms with E-state index in [9.17, 15) is 31.5 Å². The van der Waals surface area contributed by atoms with Crippen LogP contribution in [0.25, 0.3) is 0 Å². The van der Waals surface area contributed by atoms with Gasteiger partial charge in [-0.25, -0.2) is 4.79 Å². The Kier molecular flexibility index (Phi) is 8.43. The van der Waals surface area contributed by atoms with Crippen molar-refractivity contribution in [1.29, 1.82) is 0 Å². The summed E-state index contributed by atoms with van der Waals surface area (Å²) in [6, 6.07) is 1.30. The number of allylic oxidation sites excluding steroid dienone is 1. The van der Waals surface area contributed by atoms with Gasteiger partial charge in [-0.15, -0.1) is 0 Å². The van der Waals surface area contributed by atoms with E-state index in [0.29, 0.717) is 18.5 Å². The van der Waals surface area contributed by atoms with Gasteiger partial charge >= 0.3 is 21.6 Å². The van der Waals surface area contributed by atoms with Crippen LogP contribution >= 0.6 is 0 Å². The van der Waals surface area contributed by atoms with Crippen LogP contribution in [0.2, 0.25) is 0 Å². The number of ether oxygens (including phenoxy) is 4. The van der Waals surface area contributed by atoms with E-state index < -0.39 is 50.6 Å². The number of carbonyl (C=O) groups excluding carboxylic acids is 1. The quantitative estimate of drug-likeness (QED) is 0.138. The van der Waals surface area contributed by atoms with E-state index in [1.807, 2.05) is 18.7 Å². The Morgan fingerprint density at radius 3 is 2.48 bits per heavy atom. The lowest BCUT2D eigenvalue weighted by molar-refractivity contribution is -0.190. The van der Waals surface area contributed by atoms with Gasteiger partial charge in [-0.2, -0.15) is 21.6 Å². The summed E-state index contributed by atoms with van der Waals surface area (Å²) < 4.78 is 89.2. The molecule has 42 heavy (non-hydrogen) atoms. The van der Waals surface area contributed by atoms with E-state index in [-0.39, 0.29) is 35.9 Å². The van der Waals surface area contributed by atoms with Gasteiger partial charge in [0.2, 0.25) is 0 Å². The van der Waals surface area contributed by atoms with Crippen molar-refractivity contribution >= 4 is 21.8 Å². The van der Waals surface area contributed by atoms with E-state index in [1.165, 1.54) is 27.6 Å². The van der Waals surface area contributed by atoms with Gasteiger partial charge in [0.1, 0.15) is 11.5 Å². The van der Waals surface area contributed by atoms with Crippen LogP contribution in [0.5, 0.6) is 11.5 Å². The monoisotopic (exact) mass is 620 g/mol. The molecule has 1 aromatic carbocycles. The van der Waals surface area contributed by atoms with Crippen LogP contribution in [-0.4, -0.2) is 76.1 Å². The third kappa shape index (κ3) is 4.84. The second-order valence-electron chi connectivity index (χ2n) is 10.4. The maximum absolute atomic E-state index is 13.1. The number of halogens is 3. The van der Waals surface area contributed by atoms with Gasteiger partial charge in [-0.3, -0.25) is 0 Å². The second-order valence-corrected chi connectivity index (χ2v) is 11.9. The van der Waals surface area contributed by atoms with Gasteiger partial charge in [-0.1, -0.05) is 13.3 Å². The van der Waals surface area contributed by atoms with E-state index >= 15 is 0 Å². The van der Waals surface area contributed by atoms with Crippen molar-refractivity contribution in [3.63, 3.8) is 0 Å². The molecule has 3 aliphatic rings. The lowest BCUT2D eigenvalue weighted by Gasteiger charge is -2.57. The zero-order chi connectivity index (χ0) is 31.3. The Morgan fingerprint density at radius 2 is 1.93 bits per heavy atom. The van der Waals surface area contributed by atoms with E-state index in [2.05, 4.69) is 9.50 Å². The fourth-order valence-corrected chi connectivity index (χ4v) is 6.91. The van der Waals surface area contributed by atoms with Gasteiger partial charge in [-0.05, 0) is 32.3 Å². The predicted octanol–water partition coefficient (Wildman–Crippen LogP) is 3.61. The molecule has 4 rings (SSSR count). The first kappa shape index (κ1) is 31.8. The molecular formula is C27H35F3N2O9S. The second kappa shape index (κ2) is 11.2. The van der Waals surface area contributed by atoms with Gasteiger partial charge < -0.3 is 38.5 Å². The summed E-state index contributed by atoms with van der Waals surface area (Å²) in [7, 11) is -2.05. The normalized spacial score (nSPS) is 29.0. The summed E-state index contributed by atoms with van der Waals surface area (Å²) in [4.78, 5) is 14.8. The first-order chi connectivity index (χ1) is 19.6.